The van der Waals surface area contributed by atoms with Gasteiger partial charge in [-0.15, -0.1) is 0 Å². The summed E-state index contributed by atoms with van der Waals surface area (Å²) in [5, 5.41) is 9.39. The van der Waals surface area contributed by atoms with Gasteiger partial charge in [-0.05, 0) is 24.3 Å². The van der Waals surface area contributed by atoms with E-state index in [4.69, 9.17) is 16.9 Å². The maximum absolute atomic E-state index is 8.75. The Morgan fingerprint density at radius 3 is 2.60 bits per heavy atom. The maximum atomic E-state index is 8.75. The van der Waals surface area contributed by atoms with Gasteiger partial charge in [0.05, 0.1) is 18.2 Å². The van der Waals surface area contributed by atoms with Crippen molar-refractivity contribution >= 4 is 11.6 Å². The molecule has 2 rings (SSSR count). The Morgan fingerprint density at radius 1 is 1.20 bits per heavy atom. The Labute approximate surface area is 93.3 Å². The average molecular weight is 217 g/mol. The van der Waals surface area contributed by atoms with Crippen LogP contribution < -0.4 is 0 Å². The van der Waals surface area contributed by atoms with Crippen LogP contribution in [0.15, 0.2) is 42.7 Å². The monoisotopic (exact) mass is 216 g/mol. The van der Waals surface area contributed by atoms with Crippen LogP contribution in [0.4, 0.5) is 0 Å². The largest absolute Gasteiger partial charge is 0.324 e. The Balaban J connectivity index is 2.57. The molecule has 0 unspecified atom stereocenters. The minimum absolute atomic E-state index is 0.327. The molecule has 3 heteroatoms. The highest BCUT2D eigenvalue weighted by Gasteiger charge is 2.07. The van der Waals surface area contributed by atoms with Crippen molar-refractivity contribution in [2.45, 2.75) is 6.42 Å². The van der Waals surface area contributed by atoms with Crippen LogP contribution in [0.1, 0.15) is 5.56 Å². The molecule has 0 spiro atoms. The zero-order valence-electron chi connectivity index (χ0n) is 8.02. The summed E-state index contributed by atoms with van der Waals surface area (Å²) in [7, 11) is 0. The highest BCUT2D eigenvalue weighted by atomic mass is 35.5. The van der Waals surface area contributed by atoms with E-state index in [1.165, 1.54) is 0 Å². The van der Waals surface area contributed by atoms with Crippen molar-refractivity contribution < 1.29 is 0 Å². The molecule has 0 aliphatic heterocycles. The lowest BCUT2D eigenvalue weighted by Crippen LogP contribution is -1.97. The molecule has 2 nitrogen and oxygen atoms in total. The third-order valence-corrected chi connectivity index (χ3v) is 2.59. The Bertz CT molecular complexity index is 495. The van der Waals surface area contributed by atoms with Crippen molar-refractivity contribution in [3.63, 3.8) is 0 Å². The Morgan fingerprint density at radius 2 is 1.93 bits per heavy atom. The van der Waals surface area contributed by atoms with Gasteiger partial charge in [0.2, 0.25) is 0 Å². The van der Waals surface area contributed by atoms with Crippen LogP contribution in [-0.2, 0) is 6.42 Å². The first-order chi connectivity index (χ1) is 7.33. The highest BCUT2D eigenvalue weighted by Crippen LogP contribution is 2.23. The molecule has 0 N–H and O–H groups in total. The van der Waals surface area contributed by atoms with Crippen LogP contribution in [-0.4, -0.2) is 4.57 Å². The summed E-state index contributed by atoms with van der Waals surface area (Å²) >= 11 is 6.06. The number of halogens is 1. The lowest BCUT2D eigenvalue weighted by molar-refractivity contribution is 1.04. The topological polar surface area (TPSA) is 28.7 Å². The number of hydrogen-bond donors (Lipinski definition) is 0. The number of aromatic nitrogens is 1. The van der Waals surface area contributed by atoms with Crippen molar-refractivity contribution in [3.05, 3.63) is 53.3 Å². The first-order valence-corrected chi connectivity index (χ1v) is 4.98. The average Bonchev–Trinajstić information content (AvgIpc) is 2.74. The lowest BCUT2D eigenvalue weighted by atomic mass is 10.1. The fourth-order valence-corrected chi connectivity index (χ4v) is 1.77. The third-order valence-electron chi connectivity index (χ3n) is 2.23. The molecule has 0 radical (unpaired) electrons. The first kappa shape index (κ1) is 9.82. The van der Waals surface area contributed by atoms with Crippen molar-refractivity contribution in [2.24, 2.45) is 0 Å². The van der Waals surface area contributed by atoms with Crippen molar-refractivity contribution in [2.75, 3.05) is 0 Å². The predicted molar refractivity (Wildman–Crippen MR) is 60.1 cm³/mol. The Hall–Kier alpha value is -1.72. The van der Waals surface area contributed by atoms with E-state index >= 15 is 0 Å². The maximum Gasteiger partial charge on any atom is 0.0671 e. The minimum Gasteiger partial charge on any atom is -0.324 e. The molecule has 0 amide bonds. The standard InChI is InChI=1S/C12H9ClN2/c13-11-4-3-5-12(10(11)6-7-14)15-8-1-2-9-15/h1-5,8-9H,6H2. The zero-order chi connectivity index (χ0) is 10.7. The first-order valence-electron chi connectivity index (χ1n) is 4.60. The lowest BCUT2D eigenvalue weighted by Gasteiger charge is -2.09. The molecule has 0 fully saturated rings. The number of nitriles is 1. The number of nitrogens with zero attached hydrogens (tertiary/aromatic N) is 2. The van der Waals surface area contributed by atoms with Crippen molar-refractivity contribution in [1.82, 2.24) is 4.57 Å². The molecule has 1 aromatic heterocycles. The molecule has 0 saturated carbocycles. The summed E-state index contributed by atoms with van der Waals surface area (Å²) in [4.78, 5) is 0. The molecule has 0 bridgehead atoms. The summed E-state index contributed by atoms with van der Waals surface area (Å²) < 4.78 is 1.96. The molecule has 0 aliphatic rings. The van der Waals surface area contributed by atoms with Crippen LogP contribution in [0, 0.1) is 11.3 Å². The molecule has 1 heterocycles. The van der Waals surface area contributed by atoms with Crippen LogP contribution >= 0.6 is 11.6 Å². The second-order valence-electron chi connectivity index (χ2n) is 3.16. The van der Waals surface area contributed by atoms with Crippen molar-refractivity contribution in [1.29, 1.82) is 5.26 Å². The van der Waals surface area contributed by atoms with E-state index in [2.05, 4.69) is 6.07 Å². The van der Waals surface area contributed by atoms with E-state index in [-0.39, 0.29) is 0 Å². The van der Waals surface area contributed by atoms with Gasteiger partial charge in [-0.1, -0.05) is 17.7 Å². The van der Waals surface area contributed by atoms with Crippen LogP contribution in [0.3, 0.4) is 0 Å². The molecule has 1 aromatic carbocycles. The fraction of sp³-hybridized carbons (Fsp3) is 0.0833. The summed E-state index contributed by atoms with van der Waals surface area (Å²) in [5.74, 6) is 0. The molecule has 0 saturated heterocycles. The van der Waals surface area contributed by atoms with E-state index in [1.807, 2.05) is 41.2 Å². The summed E-state index contributed by atoms with van der Waals surface area (Å²) in [6.07, 6.45) is 4.20. The number of rotatable bonds is 2. The minimum atomic E-state index is 0.327. The van der Waals surface area contributed by atoms with E-state index in [0.29, 0.717) is 11.4 Å². The molecular formula is C12H9ClN2. The van der Waals surface area contributed by atoms with Crippen LogP contribution in [0.25, 0.3) is 5.69 Å². The molecule has 15 heavy (non-hydrogen) atoms. The second kappa shape index (κ2) is 4.20. The SMILES string of the molecule is N#CCc1c(Cl)cccc1-n1cccc1. The molecule has 2 aromatic rings. The van der Waals surface area contributed by atoms with Gasteiger partial charge in [0.1, 0.15) is 0 Å². The normalized spacial score (nSPS) is 9.87. The van der Waals surface area contributed by atoms with Gasteiger partial charge in [0.15, 0.2) is 0 Å². The van der Waals surface area contributed by atoms with Gasteiger partial charge in [0, 0.05) is 23.0 Å². The second-order valence-corrected chi connectivity index (χ2v) is 3.57. The van der Waals surface area contributed by atoms with Crippen LogP contribution in [0.2, 0.25) is 5.02 Å². The van der Waals surface area contributed by atoms with Gasteiger partial charge in [0.25, 0.3) is 0 Å². The predicted octanol–water partition coefficient (Wildman–Crippen LogP) is 3.20. The van der Waals surface area contributed by atoms with Gasteiger partial charge < -0.3 is 4.57 Å². The third kappa shape index (κ3) is 1.88. The fourth-order valence-electron chi connectivity index (χ4n) is 1.54. The van der Waals surface area contributed by atoms with Crippen molar-refractivity contribution in [3.8, 4) is 11.8 Å². The quantitative estimate of drug-likeness (QED) is 0.758. The summed E-state index contributed by atoms with van der Waals surface area (Å²) in [6, 6.07) is 11.7. The summed E-state index contributed by atoms with van der Waals surface area (Å²) in [5.41, 5.74) is 1.84. The molecule has 74 valence electrons. The van der Waals surface area contributed by atoms with Gasteiger partial charge in [-0.25, -0.2) is 0 Å². The Kier molecular flexibility index (Phi) is 2.75. The zero-order valence-corrected chi connectivity index (χ0v) is 8.78. The number of hydrogen-bond acceptors (Lipinski definition) is 1. The van der Waals surface area contributed by atoms with Gasteiger partial charge >= 0.3 is 0 Å². The van der Waals surface area contributed by atoms with E-state index < -0.39 is 0 Å². The highest BCUT2D eigenvalue weighted by molar-refractivity contribution is 6.31. The summed E-state index contributed by atoms with van der Waals surface area (Å²) in [6.45, 7) is 0. The number of benzene rings is 1. The molecule has 0 aliphatic carbocycles. The van der Waals surface area contributed by atoms with E-state index in [0.717, 1.165) is 11.3 Å². The van der Waals surface area contributed by atoms with Gasteiger partial charge in [-0.3, -0.25) is 0 Å². The van der Waals surface area contributed by atoms with E-state index in [1.54, 1.807) is 6.07 Å². The van der Waals surface area contributed by atoms with Gasteiger partial charge in [-0.2, -0.15) is 5.26 Å². The van der Waals surface area contributed by atoms with E-state index in [9.17, 15) is 0 Å². The van der Waals surface area contributed by atoms with Crippen LogP contribution in [0.5, 0.6) is 0 Å². The molecular weight excluding hydrogens is 208 g/mol. The smallest absolute Gasteiger partial charge is 0.0671 e. The molecule has 0 atom stereocenters.